The molecule has 0 unspecified atom stereocenters. The lowest BCUT2D eigenvalue weighted by Gasteiger charge is -2.21. The maximum absolute atomic E-state index is 5.17. The van der Waals surface area contributed by atoms with Crippen LogP contribution >= 0.6 is 0 Å². The van der Waals surface area contributed by atoms with Crippen LogP contribution in [0.5, 0.6) is 0 Å². The minimum Gasteiger partial charge on any atom is -0.373 e. The monoisotopic (exact) mass is 234 g/mol. The van der Waals surface area contributed by atoms with Crippen LogP contribution in [0.3, 0.4) is 0 Å². The van der Waals surface area contributed by atoms with Crippen LogP contribution in [0.1, 0.15) is 5.69 Å². The lowest BCUT2D eigenvalue weighted by molar-refractivity contribution is 0.416. The van der Waals surface area contributed by atoms with Crippen LogP contribution in [0.2, 0.25) is 0 Å². The molecular formula is C12H18N4O. The van der Waals surface area contributed by atoms with Crippen molar-refractivity contribution in [3.8, 4) is 0 Å². The Labute approximate surface area is 101 Å². The number of aromatic nitrogens is 2. The molecule has 0 aromatic carbocycles. The molecule has 5 heteroatoms. The standard InChI is InChI=1S/C12H18N4O/c1-9-11-10(16(4)8-7-15(2)3)5-6-13-12(11)17-14-9/h5-6H,7-8H2,1-4H3. The number of aryl methyl sites for hydroxylation is 1. The second-order valence-corrected chi connectivity index (χ2v) is 4.50. The van der Waals surface area contributed by atoms with Gasteiger partial charge in [-0.05, 0) is 27.1 Å². The summed E-state index contributed by atoms with van der Waals surface area (Å²) in [7, 11) is 6.21. The fourth-order valence-electron chi connectivity index (χ4n) is 1.79. The van der Waals surface area contributed by atoms with Crippen molar-refractivity contribution in [2.45, 2.75) is 6.92 Å². The molecule has 0 fully saturated rings. The Morgan fingerprint density at radius 1 is 1.24 bits per heavy atom. The van der Waals surface area contributed by atoms with Crippen molar-refractivity contribution in [1.29, 1.82) is 0 Å². The van der Waals surface area contributed by atoms with Gasteiger partial charge in [-0.15, -0.1) is 0 Å². The van der Waals surface area contributed by atoms with E-state index in [1.165, 1.54) is 0 Å². The molecule has 0 N–H and O–H groups in total. The molecule has 0 aliphatic heterocycles. The van der Waals surface area contributed by atoms with Crippen LogP contribution in [0.15, 0.2) is 16.8 Å². The number of hydrogen-bond donors (Lipinski definition) is 0. The highest BCUT2D eigenvalue weighted by Crippen LogP contribution is 2.26. The van der Waals surface area contributed by atoms with E-state index in [0.717, 1.165) is 29.9 Å². The van der Waals surface area contributed by atoms with Gasteiger partial charge in [0.1, 0.15) is 0 Å². The zero-order valence-corrected chi connectivity index (χ0v) is 10.8. The maximum Gasteiger partial charge on any atom is 0.260 e. The molecule has 0 radical (unpaired) electrons. The third-order valence-corrected chi connectivity index (χ3v) is 2.82. The second kappa shape index (κ2) is 4.71. The predicted molar refractivity (Wildman–Crippen MR) is 68.4 cm³/mol. The Kier molecular flexibility index (Phi) is 3.28. The molecule has 0 spiro atoms. The molecule has 2 rings (SSSR count). The van der Waals surface area contributed by atoms with Gasteiger partial charge in [0, 0.05) is 26.3 Å². The van der Waals surface area contributed by atoms with Crippen molar-refractivity contribution < 1.29 is 4.52 Å². The van der Waals surface area contributed by atoms with E-state index in [-0.39, 0.29) is 0 Å². The van der Waals surface area contributed by atoms with Crippen LogP contribution in [0.4, 0.5) is 5.69 Å². The normalized spacial score (nSPS) is 11.4. The largest absolute Gasteiger partial charge is 0.373 e. The van der Waals surface area contributed by atoms with Gasteiger partial charge in [-0.2, -0.15) is 0 Å². The van der Waals surface area contributed by atoms with Gasteiger partial charge in [0.05, 0.1) is 16.8 Å². The molecule has 0 saturated carbocycles. The molecule has 5 nitrogen and oxygen atoms in total. The minimum atomic E-state index is 0.608. The fourth-order valence-corrected chi connectivity index (χ4v) is 1.79. The number of likely N-dealkylation sites (N-methyl/N-ethyl adjacent to an activating group) is 2. The Morgan fingerprint density at radius 3 is 2.71 bits per heavy atom. The van der Waals surface area contributed by atoms with Crippen molar-refractivity contribution in [3.05, 3.63) is 18.0 Å². The molecule has 0 bridgehead atoms. The number of fused-ring (bicyclic) bond motifs is 1. The number of hydrogen-bond acceptors (Lipinski definition) is 5. The summed E-state index contributed by atoms with van der Waals surface area (Å²) in [6.07, 6.45) is 1.76. The van der Waals surface area contributed by atoms with Gasteiger partial charge < -0.3 is 14.3 Å². The molecular weight excluding hydrogens is 216 g/mol. The van der Waals surface area contributed by atoms with E-state index in [2.05, 4.69) is 41.1 Å². The molecule has 92 valence electrons. The Bertz CT molecular complexity index is 506. The van der Waals surface area contributed by atoms with E-state index in [4.69, 9.17) is 4.52 Å². The number of rotatable bonds is 4. The van der Waals surface area contributed by atoms with Crippen molar-refractivity contribution >= 4 is 16.8 Å². The van der Waals surface area contributed by atoms with Crippen LogP contribution in [-0.2, 0) is 0 Å². The smallest absolute Gasteiger partial charge is 0.260 e. The summed E-state index contributed by atoms with van der Waals surface area (Å²) in [6, 6.07) is 2.00. The van der Waals surface area contributed by atoms with Gasteiger partial charge in [0.15, 0.2) is 0 Å². The van der Waals surface area contributed by atoms with Crippen LogP contribution < -0.4 is 4.90 Å². The molecule has 0 aliphatic rings. The van der Waals surface area contributed by atoms with Crippen LogP contribution in [-0.4, -0.2) is 49.3 Å². The van der Waals surface area contributed by atoms with E-state index in [9.17, 15) is 0 Å². The van der Waals surface area contributed by atoms with E-state index in [1.54, 1.807) is 6.20 Å². The lowest BCUT2D eigenvalue weighted by atomic mass is 10.2. The van der Waals surface area contributed by atoms with Gasteiger partial charge in [0.25, 0.3) is 5.71 Å². The van der Waals surface area contributed by atoms with Crippen molar-refractivity contribution in [2.75, 3.05) is 39.1 Å². The summed E-state index contributed by atoms with van der Waals surface area (Å²) in [6.45, 7) is 3.90. The summed E-state index contributed by atoms with van der Waals surface area (Å²) >= 11 is 0. The van der Waals surface area contributed by atoms with Gasteiger partial charge in [-0.25, -0.2) is 4.98 Å². The maximum atomic E-state index is 5.17. The summed E-state index contributed by atoms with van der Waals surface area (Å²) in [5.41, 5.74) is 2.62. The van der Waals surface area contributed by atoms with Gasteiger partial charge in [-0.1, -0.05) is 5.16 Å². The zero-order valence-electron chi connectivity index (χ0n) is 10.8. The molecule has 0 atom stereocenters. The SMILES string of the molecule is Cc1noc2nccc(N(C)CCN(C)C)c12. The molecule has 2 heterocycles. The molecule has 2 aromatic rings. The summed E-state index contributed by atoms with van der Waals surface area (Å²) in [4.78, 5) is 8.54. The average Bonchev–Trinajstić information content (AvgIpc) is 2.68. The van der Waals surface area contributed by atoms with Crippen molar-refractivity contribution in [3.63, 3.8) is 0 Å². The van der Waals surface area contributed by atoms with Crippen LogP contribution in [0.25, 0.3) is 11.1 Å². The van der Waals surface area contributed by atoms with Gasteiger partial charge >= 0.3 is 0 Å². The lowest BCUT2D eigenvalue weighted by Crippen LogP contribution is -2.28. The topological polar surface area (TPSA) is 45.4 Å². The van der Waals surface area contributed by atoms with Crippen molar-refractivity contribution in [1.82, 2.24) is 15.0 Å². The molecule has 17 heavy (non-hydrogen) atoms. The first-order valence-electron chi connectivity index (χ1n) is 5.66. The minimum absolute atomic E-state index is 0.608. The number of anilines is 1. The molecule has 0 saturated heterocycles. The highest BCUT2D eigenvalue weighted by Gasteiger charge is 2.13. The quantitative estimate of drug-likeness (QED) is 0.802. The fraction of sp³-hybridized carbons (Fsp3) is 0.500. The Morgan fingerprint density at radius 2 is 2.00 bits per heavy atom. The first-order chi connectivity index (χ1) is 8.09. The predicted octanol–water partition coefficient (Wildman–Crippen LogP) is 1.53. The average molecular weight is 234 g/mol. The number of nitrogens with zero attached hydrogens (tertiary/aromatic N) is 4. The highest BCUT2D eigenvalue weighted by molar-refractivity contribution is 5.90. The first kappa shape index (κ1) is 11.9. The number of pyridine rings is 1. The molecule has 0 aliphatic carbocycles. The molecule has 0 amide bonds. The van der Waals surface area contributed by atoms with E-state index < -0.39 is 0 Å². The Balaban J connectivity index is 2.31. The van der Waals surface area contributed by atoms with E-state index in [1.807, 2.05) is 13.0 Å². The van der Waals surface area contributed by atoms with E-state index in [0.29, 0.717) is 5.71 Å². The summed E-state index contributed by atoms with van der Waals surface area (Å²) in [5, 5.41) is 4.97. The van der Waals surface area contributed by atoms with Gasteiger partial charge in [-0.3, -0.25) is 0 Å². The van der Waals surface area contributed by atoms with Crippen LogP contribution in [0, 0.1) is 6.92 Å². The van der Waals surface area contributed by atoms with Gasteiger partial charge in [0.2, 0.25) is 0 Å². The molecule has 2 aromatic heterocycles. The van der Waals surface area contributed by atoms with Crippen molar-refractivity contribution in [2.24, 2.45) is 0 Å². The summed E-state index contributed by atoms with van der Waals surface area (Å²) < 4.78 is 5.17. The first-order valence-corrected chi connectivity index (χ1v) is 5.66. The second-order valence-electron chi connectivity index (χ2n) is 4.50. The third-order valence-electron chi connectivity index (χ3n) is 2.82. The highest BCUT2D eigenvalue weighted by atomic mass is 16.5. The Hall–Kier alpha value is -1.62. The van der Waals surface area contributed by atoms with E-state index >= 15 is 0 Å². The summed E-state index contributed by atoms with van der Waals surface area (Å²) in [5.74, 6) is 0. The zero-order chi connectivity index (χ0) is 12.4. The third kappa shape index (κ3) is 2.39.